The molecule has 0 aromatic carbocycles. The van der Waals surface area contributed by atoms with Crippen LogP contribution in [-0.4, -0.2) is 35.4 Å². The van der Waals surface area contributed by atoms with E-state index in [0.29, 0.717) is 5.56 Å². The van der Waals surface area contributed by atoms with Crippen molar-refractivity contribution in [2.45, 2.75) is 39.5 Å². The minimum atomic E-state index is 0.117. The summed E-state index contributed by atoms with van der Waals surface area (Å²) in [6.45, 7) is 6.97. The van der Waals surface area contributed by atoms with Crippen molar-refractivity contribution >= 4 is 11.6 Å². The van der Waals surface area contributed by atoms with Gasteiger partial charge in [-0.3, -0.25) is 9.78 Å². The predicted octanol–water partition coefficient (Wildman–Crippen LogP) is 3.17. The minimum Gasteiger partial charge on any atom is -0.384 e. The molecule has 0 aliphatic carbocycles. The van der Waals surface area contributed by atoms with E-state index in [4.69, 9.17) is 0 Å². The summed E-state index contributed by atoms with van der Waals surface area (Å²) in [6, 6.07) is 1.89. The van der Waals surface area contributed by atoms with Crippen molar-refractivity contribution < 1.29 is 4.79 Å². The van der Waals surface area contributed by atoms with Gasteiger partial charge in [0.1, 0.15) is 0 Å². The van der Waals surface area contributed by atoms with Crippen LogP contribution in [0.2, 0.25) is 0 Å². The highest BCUT2D eigenvalue weighted by Gasteiger charge is 2.24. The molecular formula is C16H25N3O. The van der Waals surface area contributed by atoms with Gasteiger partial charge < -0.3 is 10.2 Å². The third kappa shape index (κ3) is 3.50. The average Bonchev–Trinajstić information content (AvgIpc) is 2.52. The Hall–Kier alpha value is -1.58. The van der Waals surface area contributed by atoms with E-state index in [0.717, 1.165) is 50.5 Å². The van der Waals surface area contributed by atoms with E-state index in [2.05, 4.69) is 24.1 Å². The average molecular weight is 275 g/mol. The smallest absolute Gasteiger partial charge is 0.257 e. The van der Waals surface area contributed by atoms with Crippen LogP contribution in [-0.2, 0) is 0 Å². The number of piperidine rings is 1. The fourth-order valence-electron chi connectivity index (χ4n) is 2.69. The number of nitrogens with one attached hydrogen (secondary N) is 1. The van der Waals surface area contributed by atoms with Crippen LogP contribution in [0.4, 0.5) is 5.69 Å². The highest BCUT2D eigenvalue weighted by Crippen LogP contribution is 2.23. The zero-order valence-corrected chi connectivity index (χ0v) is 12.6. The molecule has 1 fully saturated rings. The summed E-state index contributed by atoms with van der Waals surface area (Å²) in [5.74, 6) is 0.900. The molecule has 0 atom stereocenters. The summed E-state index contributed by atoms with van der Waals surface area (Å²) < 4.78 is 0. The van der Waals surface area contributed by atoms with Gasteiger partial charge in [0.15, 0.2) is 0 Å². The van der Waals surface area contributed by atoms with Gasteiger partial charge in [0.05, 0.1) is 11.3 Å². The number of aromatic nitrogens is 1. The number of likely N-dealkylation sites (tertiary alicyclic amines) is 1. The number of anilines is 1. The van der Waals surface area contributed by atoms with Crippen LogP contribution in [0.3, 0.4) is 0 Å². The van der Waals surface area contributed by atoms with Crippen molar-refractivity contribution in [3.05, 3.63) is 24.0 Å². The number of rotatable bonds is 5. The standard InChI is InChI=1S/C16H25N3O/c1-3-8-18-15-5-9-17-12-14(15)16(20)19-10-6-13(4-2)7-11-19/h5,9,12-13H,3-4,6-8,10-11H2,1-2H3,(H,17,18). The van der Waals surface area contributed by atoms with Gasteiger partial charge in [-0.25, -0.2) is 0 Å². The van der Waals surface area contributed by atoms with Crippen molar-refractivity contribution in [1.82, 2.24) is 9.88 Å². The van der Waals surface area contributed by atoms with E-state index in [1.54, 1.807) is 12.4 Å². The molecule has 1 saturated heterocycles. The number of hydrogen-bond acceptors (Lipinski definition) is 3. The van der Waals surface area contributed by atoms with Gasteiger partial charge in [0.2, 0.25) is 0 Å². The number of amides is 1. The number of nitrogens with zero attached hydrogens (tertiary/aromatic N) is 2. The third-order valence-electron chi connectivity index (χ3n) is 4.10. The maximum atomic E-state index is 12.6. The van der Waals surface area contributed by atoms with E-state index in [9.17, 15) is 4.79 Å². The lowest BCUT2D eigenvalue weighted by molar-refractivity contribution is 0.0689. The van der Waals surface area contributed by atoms with Gasteiger partial charge in [-0.2, -0.15) is 0 Å². The number of carbonyl (C=O) groups excluding carboxylic acids is 1. The molecule has 1 N–H and O–H groups in total. The zero-order chi connectivity index (χ0) is 14.4. The number of carbonyl (C=O) groups is 1. The lowest BCUT2D eigenvalue weighted by Gasteiger charge is -2.32. The molecule has 4 heteroatoms. The molecule has 4 nitrogen and oxygen atoms in total. The molecule has 1 amide bonds. The Labute approximate surface area is 121 Å². The van der Waals surface area contributed by atoms with Gasteiger partial charge >= 0.3 is 0 Å². The zero-order valence-electron chi connectivity index (χ0n) is 12.6. The molecule has 110 valence electrons. The third-order valence-corrected chi connectivity index (χ3v) is 4.10. The second kappa shape index (κ2) is 7.27. The Balaban J connectivity index is 2.05. The Morgan fingerprint density at radius 3 is 2.80 bits per heavy atom. The van der Waals surface area contributed by atoms with Gasteiger partial charge in [-0.15, -0.1) is 0 Å². The van der Waals surface area contributed by atoms with Crippen molar-refractivity contribution in [2.75, 3.05) is 25.0 Å². The van der Waals surface area contributed by atoms with Crippen LogP contribution in [0.1, 0.15) is 49.9 Å². The molecule has 1 aromatic rings. The highest BCUT2D eigenvalue weighted by molar-refractivity contribution is 5.99. The molecule has 0 bridgehead atoms. The summed E-state index contributed by atoms with van der Waals surface area (Å²) in [4.78, 5) is 18.7. The highest BCUT2D eigenvalue weighted by atomic mass is 16.2. The van der Waals surface area contributed by atoms with Crippen LogP contribution in [0.25, 0.3) is 0 Å². The van der Waals surface area contributed by atoms with Crippen LogP contribution in [0.5, 0.6) is 0 Å². The monoisotopic (exact) mass is 275 g/mol. The topological polar surface area (TPSA) is 45.2 Å². The molecule has 1 aromatic heterocycles. The van der Waals surface area contributed by atoms with Crippen LogP contribution in [0, 0.1) is 5.92 Å². The molecule has 20 heavy (non-hydrogen) atoms. The molecule has 1 aliphatic heterocycles. The first-order chi connectivity index (χ1) is 9.76. The van der Waals surface area contributed by atoms with Crippen LogP contribution >= 0.6 is 0 Å². The summed E-state index contributed by atoms with van der Waals surface area (Å²) in [6.07, 6.45) is 7.93. The first-order valence-corrected chi connectivity index (χ1v) is 7.73. The quantitative estimate of drug-likeness (QED) is 0.897. The van der Waals surface area contributed by atoms with Gasteiger partial charge in [-0.05, 0) is 31.2 Å². The summed E-state index contributed by atoms with van der Waals surface area (Å²) in [5, 5.41) is 3.32. The fourth-order valence-corrected chi connectivity index (χ4v) is 2.69. The Bertz CT molecular complexity index is 439. The summed E-state index contributed by atoms with van der Waals surface area (Å²) in [7, 11) is 0. The van der Waals surface area contributed by atoms with E-state index >= 15 is 0 Å². The molecule has 2 rings (SSSR count). The molecule has 1 aliphatic rings. The first-order valence-electron chi connectivity index (χ1n) is 7.73. The van der Waals surface area contributed by atoms with E-state index < -0.39 is 0 Å². The molecule has 2 heterocycles. The second-order valence-corrected chi connectivity index (χ2v) is 5.49. The Kier molecular flexibility index (Phi) is 5.39. The lowest BCUT2D eigenvalue weighted by Crippen LogP contribution is -2.38. The fraction of sp³-hybridized carbons (Fsp3) is 0.625. The van der Waals surface area contributed by atoms with Gasteiger partial charge in [0, 0.05) is 32.0 Å². The first kappa shape index (κ1) is 14.8. The Morgan fingerprint density at radius 1 is 1.40 bits per heavy atom. The molecule has 0 spiro atoms. The molecule has 0 saturated carbocycles. The SMILES string of the molecule is CCCNc1ccncc1C(=O)N1CCC(CC)CC1. The van der Waals surface area contributed by atoms with Crippen LogP contribution < -0.4 is 5.32 Å². The van der Waals surface area contributed by atoms with Gasteiger partial charge in [0.25, 0.3) is 5.91 Å². The second-order valence-electron chi connectivity index (χ2n) is 5.49. The maximum Gasteiger partial charge on any atom is 0.257 e. The summed E-state index contributed by atoms with van der Waals surface area (Å²) in [5.41, 5.74) is 1.61. The van der Waals surface area contributed by atoms with Crippen molar-refractivity contribution in [3.8, 4) is 0 Å². The Morgan fingerprint density at radius 2 is 2.15 bits per heavy atom. The lowest BCUT2D eigenvalue weighted by atomic mass is 9.94. The minimum absolute atomic E-state index is 0.117. The largest absolute Gasteiger partial charge is 0.384 e. The van der Waals surface area contributed by atoms with Gasteiger partial charge in [-0.1, -0.05) is 20.3 Å². The molecule has 0 unspecified atom stereocenters. The number of hydrogen-bond donors (Lipinski definition) is 1. The van der Waals surface area contributed by atoms with Crippen molar-refractivity contribution in [1.29, 1.82) is 0 Å². The molecular weight excluding hydrogens is 250 g/mol. The van der Waals surface area contributed by atoms with Crippen LogP contribution in [0.15, 0.2) is 18.5 Å². The number of pyridine rings is 1. The van der Waals surface area contributed by atoms with Crippen molar-refractivity contribution in [3.63, 3.8) is 0 Å². The van der Waals surface area contributed by atoms with E-state index in [1.807, 2.05) is 11.0 Å². The van der Waals surface area contributed by atoms with E-state index in [1.165, 1.54) is 6.42 Å². The van der Waals surface area contributed by atoms with E-state index in [-0.39, 0.29) is 5.91 Å². The maximum absolute atomic E-state index is 12.6. The van der Waals surface area contributed by atoms with Crippen molar-refractivity contribution in [2.24, 2.45) is 5.92 Å². The predicted molar refractivity (Wildman–Crippen MR) is 81.9 cm³/mol. The summed E-state index contributed by atoms with van der Waals surface area (Å²) >= 11 is 0. The normalized spacial score (nSPS) is 16.2. The molecule has 0 radical (unpaired) electrons.